The number of nitrogens with two attached hydrogens (primary N) is 1. The summed E-state index contributed by atoms with van der Waals surface area (Å²) in [5, 5.41) is 1.26. The van der Waals surface area contributed by atoms with Crippen LogP contribution in [0.4, 0.5) is 11.9 Å². The SMILES string of the molecule is C=CCn1c(S[C@@H](C)c2nc(N)nc(N(C)C)n2)nc2sc3c(c2c1=O)CC[C@@H](C)C3. The number of hydrogen-bond acceptors (Lipinski definition) is 9. The van der Waals surface area contributed by atoms with Crippen LogP contribution in [0.1, 0.15) is 41.8 Å². The van der Waals surface area contributed by atoms with E-state index in [0.29, 0.717) is 29.4 Å². The van der Waals surface area contributed by atoms with Crippen LogP contribution >= 0.6 is 23.1 Å². The molecule has 3 aromatic heterocycles. The van der Waals surface area contributed by atoms with E-state index in [-0.39, 0.29) is 16.8 Å². The van der Waals surface area contributed by atoms with Gasteiger partial charge in [0.2, 0.25) is 11.9 Å². The normalized spacial score (nSPS) is 16.8. The minimum Gasteiger partial charge on any atom is -0.368 e. The van der Waals surface area contributed by atoms with Crippen molar-refractivity contribution in [2.45, 2.75) is 50.1 Å². The maximum Gasteiger partial charge on any atom is 0.263 e. The molecule has 0 aromatic carbocycles. The topological polar surface area (TPSA) is 103 Å². The zero-order valence-electron chi connectivity index (χ0n) is 18.3. The van der Waals surface area contributed by atoms with Crippen LogP contribution in [-0.2, 0) is 19.4 Å². The van der Waals surface area contributed by atoms with Gasteiger partial charge in [-0.3, -0.25) is 9.36 Å². The fourth-order valence-electron chi connectivity index (χ4n) is 3.77. The molecule has 0 aliphatic heterocycles. The molecule has 1 aliphatic carbocycles. The molecule has 3 heterocycles. The number of nitrogen functional groups attached to an aromatic ring is 1. The van der Waals surface area contributed by atoms with E-state index in [1.54, 1.807) is 26.9 Å². The Kier molecular flexibility index (Phi) is 6.02. The lowest BCUT2D eigenvalue weighted by Crippen LogP contribution is -2.24. The molecule has 31 heavy (non-hydrogen) atoms. The monoisotopic (exact) mass is 457 g/mol. The molecule has 0 amide bonds. The van der Waals surface area contributed by atoms with Crippen LogP contribution < -0.4 is 16.2 Å². The van der Waals surface area contributed by atoms with Gasteiger partial charge in [0.25, 0.3) is 5.56 Å². The van der Waals surface area contributed by atoms with E-state index >= 15 is 0 Å². The zero-order chi connectivity index (χ0) is 22.3. The van der Waals surface area contributed by atoms with Gasteiger partial charge in [0, 0.05) is 25.5 Å². The van der Waals surface area contributed by atoms with Gasteiger partial charge >= 0.3 is 0 Å². The van der Waals surface area contributed by atoms with Crippen LogP contribution in [0.5, 0.6) is 0 Å². The summed E-state index contributed by atoms with van der Waals surface area (Å²) < 4.78 is 1.71. The Bertz CT molecular complexity index is 1200. The standard InChI is InChI=1S/C21H27N7OS2/c1-6-9-28-18(29)15-13-8-7-11(2)10-14(13)31-17(15)25-21(28)30-12(3)16-23-19(22)26-20(24-16)27(4)5/h6,11-12H,1,7-10H2,2-5H3,(H2,22,23,24,26)/t11-,12+/m1/s1. The third-order valence-electron chi connectivity index (χ3n) is 5.40. The first-order valence-corrected chi connectivity index (χ1v) is 12.0. The molecule has 3 aromatic rings. The summed E-state index contributed by atoms with van der Waals surface area (Å²) in [5.74, 6) is 1.88. The molecule has 0 bridgehead atoms. The van der Waals surface area contributed by atoms with Crippen LogP contribution in [0.25, 0.3) is 10.2 Å². The molecular formula is C21H27N7OS2. The Morgan fingerprint density at radius 1 is 1.35 bits per heavy atom. The van der Waals surface area contributed by atoms with E-state index in [9.17, 15) is 4.79 Å². The summed E-state index contributed by atoms with van der Waals surface area (Å²) in [4.78, 5) is 35.3. The molecule has 0 spiro atoms. The molecule has 0 saturated heterocycles. The maximum absolute atomic E-state index is 13.5. The molecule has 0 saturated carbocycles. The Labute approximate surface area is 189 Å². The molecule has 164 valence electrons. The molecule has 0 fully saturated rings. The Morgan fingerprint density at radius 2 is 2.13 bits per heavy atom. The van der Waals surface area contributed by atoms with E-state index in [1.807, 2.05) is 21.0 Å². The summed E-state index contributed by atoms with van der Waals surface area (Å²) in [7, 11) is 3.71. The first-order chi connectivity index (χ1) is 14.8. The third-order valence-corrected chi connectivity index (χ3v) is 7.63. The molecule has 8 nitrogen and oxygen atoms in total. The quantitative estimate of drug-likeness (QED) is 0.341. The fourth-order valence-corrected chi connectivity index (χ4v) is 6.16. The van der Waals surface area contributed by atoms with Crippen LogP contribution in [0.2, 0.25) is 0 Å². The van der Waals surface area contributed by atoms with E-state index < -0.39 is 0 Å². The number of nitrogens with zero attached hydrogens (tertiary/aromatic N) is 6. The van der Waals surface area contributed by atoms with Gasteiger partial charge < -0.3 is 10.6 Å². The smallest absolute Gasteiger partial charge is 0.263 e. The van der Waals surface area contributed by atoms with Gasteiger partial charge in [-0.25, -0.2) is 4.98 Å². The van der Waals surface area contributed by atoms with Crippen molar-refractivity contribution >= 4 is 45.2 Å². The van der Waals surface area contributed by atoms with Gasteiger partial charge in [0.15, 0.2) is 5.16 Å². The Balaban J connectivity index is 1.77. The van der Waals surface area contributed by atoms with Gasteiger partial charge in [0.05, 0.1) is 10.6 Å². The molecule has 2 atom stereocenters. The highest BCUT2D eigenvalue weighted by Gasteiger charge is 2.25. The highest BCUT2D eigenvalue weighted by Crippen LogP contribution is 2.38. The molecule has 0 unspecified atom stereocenters. The van der Waals surface area contributed by atoms with Crippen LogP contribution in [0, 0.1) is 5.92 Å². The average Bonchev–Trinajstić information content (AvgIpc) is 3.07. The van der Waals surface area contributed by atoms with E-state index in [0.717, 1.165) is 29.5 Å². The minimum absolute atomic E-state index is 0.00999. The van der Waals surface area contributed by atoms with E-state index in [1.165, 1.54) is 22.2 Å². The van der Waals surface area contributed by atoms with Gasteiger partial charge in [0.1, 0.15) is 10.7 Å². The molecule has 4 rings (SSSR count). The number of allylic oxidation sites excluding steroid dienone is 1. The first-order valence-electron chi connectivity index (χ1n) is 10.3. The average molecular weight is 458 g/mol. The van der Waals surface area contributed by atoms with Crippen LogP contribution in [-0.4, -0.2) is 38.6 Å². The number of thiophene rings is 1. The highest BCUT2D eigenvalue weighted by molar-refractivity contribution is 7.99. The largest absolute Gasteiger partial charge is 0.368 e. The second-order valence-corrected chi connectivity index (χ2v) is 10.5. The van der Waals surface area contributed by atoms with Crippen molar-refractivity contribution in [3.8, 4) is 0 Å². The number of hydrogen-bond donors (Lipinski definition) is 1. The molecular weight excluding hydrogens is 430 g/mol. The summed E-state index contributed by atoms with van der Waals surface area (Å²) in [5.41, 5.74) is 7.09. The summed E-state index contributed by atoms with van der Waals surface area (Å²) >= 11 is 3.11. The molecule has 2 N–H and O–H groups in total. The minimum atomic E-state index is -0.168. The molecule has 0 radical (unpaired) electrons. The number of rotatable bonds is 6. The number of aryl methyl sites for hydroxylation is 1. The van der Waals surface area contributed by atoms with Crippen molar-refractivity contribution in [2.75, 3.05) is 24.7 Å². The number of aromatic nitrogens is 5. The first kappa shape index (κ1) is 21.8. The number of anilines is 2. The van der Waals surface area contributed by atoms with Crippen molar-refractivity contribution < 1.29 is 0 Å². The van der Waals surface area contributed by atoms with Crippen molar-refractivity contribution in [2.24, 2.45) is 5.92 Å². The summed E-state index contributed by atoms with van der Waals surface area (Å²) in [6, 6.07) is 0. The van der Waals surface area contributed by atoms with Gasteiger partial charge in [-0.05, 0) is 37.7 Å². The van der Waals surface area contributed by atoms with E-state index in [2.05, 4.69) is 28.5 Å². The molecule has 10 heteroatoms. The fraction of sp³-hybridized carbons (Fsp3) is 0.476. The second kappa shape index (κ2) is 8.58. The van der Waals surface area contributed by atoms with Crippen LogP contribution in [0.3, 0.4) is 0 Å². The lowest BCUT2D eigenvalue weighted by atomic mass is 9.89. The van der Waals surface area contributed by atoms with Gasteiger partial charge in [-0.1, -0.05) is 24.8 Å². The summed E-state index contributed by atoms with van der Waals surface area (Å²) in [6.45, 7) is 8.48. The van der Waals surface area contributed by atoms with Crippen LogP contribution in [0.15, 0.2) is 22.6 Å². The highest BCUT2D eigenvalue weighted by atomic mass is 32.2. The van der Waals surface area contributed by atoms with Crippen molar-refractivity contribution in [3.63, 3.8) is 0 Å². The molecule has 1 aliphatic rings. The Morgan fingerprint density at radius 3 is 2.84 bits per heavy atom. The zero-order valence-corrected chi connectivity index (χ0v) is 19.9. The van der Waals surface area contributed by atoms with E-state index in [4.69, 9.17) is 10.7 Å². The number of fused-ring (bicyclic) bond motifs is 3. The predicted molar refractivity (Wildman–Crippen MR) is 128 cm³/mol. The lowest BCUT2D eigenvalue weighted by molar-refractivity contribution is 0.509. The second-order valence-electron chi connectivity index (χ2n) is 8.14. The Hall–Kier alpha value is -2.46. The predicted octanol–water partition coefficient (Wildman–Crippen LogP) is 3.46. The van der Waals surface area contributed by atoms with Gasteiger partial charge in [-0.2, -0.15) is 15.0 Å². The van der Waals surface area contributed by atoms with Crippen molar-refractivity contribution in [3.05, 3.63) is 39.3 Å². The van der Waals surface area contributed by atoms with Crippen molar-refractivity contribution in [1.29, 1.82) is 0 Å². The summed E-state index contributed by atoms with van der Waals surface area (Å²) in [6.07, 6.45) is 4.81. The maximum atomic E-state index is 13.5. The van der Waals surface area contributed by atoms with Crippen molar-refractivity contribution in [1.82, 2.24) is 24.5 Å². The lowest BCUT2D eigenvalue weighted by Gasteiger charge is -2.18. The third kappa shape index (κ3) is 4.18. The number of thioether (sulfide) groups is 1. The van der Waals surface area contributed by atoms with Gasteiger partial charge in [-0.15, -0.1) is 17.9 Å².